The van der Waals surface area contributed by atoms with Gasteiger partial charge in [-0.25, -0.2) is 0 Å². The van der Waals surface area contributed by atoms with Gasteiger partial charge in [0.1, 0.15) is 0 Å². The molecule has 2 N–H and O–H groups in total. The number of likely N-dealkylation sites (N-methyl/N-ethyl adjacent to an activating group) is 1. The van der Waals surface area contributed by atoms with Crippen LogP contribution in [-0.2, 0) is 17.1 Å². The molecule has 3 nitrogen and oxygen atoms in total. The molecule has 0 aliphatic rings. The van der Waals surface area contributed by atoms with Gasteiger partial charge in [-0.15, -0.1) is 0 Å². The van der Waals surface area contributed by atoms with Crippen molar-refractivity contribution in [3.8, 4) is 0 Å². The standard InChI is InChI=1S/C23H35N3.2ClH.Mn/c1-16-12-18(3)22(19(4)13-16)24-8-10-26(7)11-9-25-23-20(5)14-17(2)15-21(23)6;;;/h12-15,24-25H,8-11H2,1-7H3;2*1H;/q;;;+2/p-2. The van der Waals surface area contributed by atoms with Crippen molar-refractivity contribution in [2.24, 2.45) is 0 Å². The zero-order valence-electron chi connectivity index (χ0n) is 18.7. The number of nitrogens with zero attached hydrogens (tertiary/aromatic N) is 1. The van der Waals surface area contributed by atoms with Crippen LogP contribution in [0.1, 0.15) is 33.4 Å². The molecule has 0 amide bonds. The first kappa shape index (κ1) is 30.3. The maximum Gasteiger partial charge on any atom is 2.00 e. The maximum absolute atomic E-state index is 3.61. The molecule has 0 saturated heterocycles. The Balaban J connectivity index is 0. The van der Waals surface area contributed by atoms with Gasteiger partial charge in [-0.1, -0.05) is 35.4 Å². The third-order valence-electron chi connectivity index (χ3n) is 4.94. The SMILES string of the molecule is Cc1cc(C)c(NCCN(C)CCNc2c(C)cc(C)cc2C)c(C)c1.[Cl-].[Cl-].[Mn+2]. The van der Waals surface area contributed by atoms with Crippen LogP contribution in [0.3, 0.4) is 0 Å². The summed E-state index contributed by atoms with van der Waals surface area (Å²) in [5.41, 5.74) is 10.6. The van der Waals surface area contributed by atoms with Gasteiger partial charge in [0.15, 0.2) is 0 Å². The van der Waals surface area contributed by atoms with Crippen LogP contribution >= 0.6 is 0 Å². The molecule has 0 aromatic heterocycles. The topological polar surface area (TPSA) is 27.3 Å². The summed E-state index contributed by atoms with van der Waals surface area (Å²) in [7, 11) is 2.19. The second-order valence-corrected chi connectivity index (χ2v) is 7.70. The van der Waals surface area contributed by atoms with Gasteiger partial charge in [-0.05, 0) is 70.8 Å². The van der Waals surface area contributed by atoms with Gasteiger partial charge in [-0.2, -0.15) is 0 Å². The Hall–Kier alpha value is -0.901. The van der Waals surface area contributed by atoms with Crippen LogP contribution in [0.5, 0.6) is 0 Å². The molecule has 0 unspecified atom stereocenters. The number of aryl methyl sites for hydroxylation is 6. The van der Waals surface area contributed by atoms with E-state index >= 15 is 0 Å². The van der Waals surface area contributed by atoms with E-state index < -0.39 is 0 Å². The third-order valence-corrected chi connectivity index (χ3v) is 4.94. The van der Waals surface area contributed by atoms with Crippen LogP contribution in [0.15, 0.2) is 24.3 Å². The van der Waals surface area contributed by atoms with Crippen molar-refractivity contribution in [1.29, 1.82) is 0 Å². The van der Waals surface area contributed by atoms with Crippen LogP contribution in [0.2, 0.25) is 0 Å². The quantitative estimate of drug-likeness (QED) is 0.476. The second-order valence-electron chi connectivity index (χ2n) is 7.70. The van der Waals surface area contributed by atoms with Crippen LogP contribution in [0.25, 0.3) is 0 Å². The van der Waals surface area contributed by atoms with E-state index in [1.54, 1.807) is 0 Å². The fraction of sp³-hybridized carbons (Fsp3) is 0.478. The molecular formula is C23H35Cl2MnN3. The summed E-state index contributed by atoms with van der Waals surface area (Å²) in [5.74, 6) is 0. The fourth-order valence-electron chi connectivity index (χ4n) is 3.77. The first-order chi connectivity index (χ1) is 12.3. The number of halogens is 2. The van der Waals surface area contributed by atoms with Crippen LogP contribution in [0, 0.1) is 41.5 Å². The number of rotatable bonds is 8. The second kappa shape index (κ2) is 14.2. The van der Waals surface area contributed by atoms with Gasteiger partial charge in [0.05, 0.1) is 0 Å². The molecule has 0 aliphatic heterocycles. The van der Waals surface area contributed by atoms with E-state index in [1.165, 1.54) is 44.8 Å². The molecule has 0 spiro atoms. The van der Waals surface area contributed by atoms with E-state index in [0.29, 0.717) is 0 Å². The van der Waals surface area contributed by atoms with Crippen LogP contribution in [-0.4, -0.2) is 38.1 Å². The Morgan fingerprint density at radius 1 is 0.621 bits per heavy atom. The molecule has 0 atom stereocenters. The van der Waals surface area contributed by atoms with E-state index in [4.69, 9.17) is 0 Å². The molecule has 163 valence electrons. The van der Waals surface area contributed by atoms with Crippen molar-refractivity contribution in [3.05, 3.63) is 57.6 Å². The minimum Gasteiger partial charge on any atom is -1.00 e. The smallest absolute Gasteiger partial charge is 1.00 e. The molecule has 6 heteroatoms. The van der Waals surface area contributed by atoms with Gasteiger partial charge < -0.3 is 40.3 Å². The first-order valence-electron chi connectivity index (χ1n) is 9.60. The van der Waals surface area contributed by atoms with E-state index in [0.717, 1.165) is 26.2 Å². The van der Waals surface area contributed by atoms with Crippen molar-refractivity contribution < 1.29 is 41.9 Å². The van der Waals surface area contributed by atoms with Crippen molar-refractivity contribution in [2.45, 2.75) is 41.5 Å². The number of anilines is 2. The van der Waals surface area contributed by atoms with E-state index in [2.05, 4.69) is 88.4 Å². The molecule has 0 bridgehead atoms. The van der Waals surface area contributed by atoms with E-state index in [-0.39, 0.29) is 41.9 Å². The van der Waals surface area contributed by atoms with Crippen molar-refractivity contribution in [1.82, 2.24) is 4.90 Å². The average molecular weight is 479 g/mol. The molecule has 0 heterocycles. The summed E-state index contributed by atoms with van der Waals surface area (Å²) in [6, 6.07) is 8.98. The number of benzene rings is 2. The molecule has 29 heavy (non-hydrogen) atoms. The van der Waals surface area contributed by atoms with Crippen molar-refractivity contribution in [2.75, 3.05) is 43.9 Å². The Bertz CT molecular complexity index is 656. The minimum absolute atomic E-state index is 0. The van der Waals surface area contributed by atoms with Gasteiger partial charge in [-0.3, -0.25) is 0 Å². The molecule has 0 aliphatic carbocycles. The molecule has 2 rings (SSSR count). The summed E-state index contributed by atoms with van der Waals surface area (Å²) < 4.78 is 0. The summed E-state index contributed by atoms with van der Waals surface area (Å²) in [4.78, 5) is 2.37. The van der Waals surface area contributed by atoms with Gasteiger partial charge in [0.25, 0.3) is 0 Å². The molecule has 2 aromatic rings. The van der Waals surface area contributed by atoms with Crippen LogP contribution < -0.4 is 35.4 Å². The fourth-order valence-corrected chi connectivity index (χ4v) is 3.77. The summed E-state index contributed by atoms with van der Waals surface area (Å²) in [6.07, 6.45) is 0. The summed E-state index contributed by atoms with van der Waals surface area (Å²) >= 11 is 0. The van der Waals surface area contributed by atoms with E-state index in [1.807, 2.05) is 0 Å². The molecule has 0 saturated carbocycles. The molecule has 1 radical (unpaired) electrons. The van der Waals surface area contributed by atoms with Crippen molar-refractivity contribution >= 4 is 11.4 Å². The molecule has 0 fully saturated rings. The first-order valence-corrected chi connectivity index (χ1v) is 9.60. The Kier molecular flexibility index (Phi) is 14.8. The van der Waals surface area contributed by atoms with Gasteiger partial charge >= 0.3 is 17.1 Å². The number of hydrogen-bond acceptors (Lipinski definition) is 3. The van der Waals surface area contributed by atoms with Crippen LogP contribution in [0.4, 0.5) is 11.4 Å². The Labute approximate surface area is 200 Å². The number of nitrogens with one attached hydrogen (secondary N) is 2. The van der Waals surface area contributed by atoms with Crippen molar-refractivity contribution in [3.63, 3.8) is 0 Å². The molecule has 2 aromatic carbocycles. The summed E-state index contributed by atoms with van der Waals surface area (Å²) in [6.45, 7) is 17.0. The Morgan fingerprint density at radius 2 is 0.897 bits per heavy atom. The maximum atomic E-state index is 3.61. The zero-order valence-corrected chi connectivity index (χ0v) is 21.4. The normalized spacial score (nSPS) is 9.93. The summed E-state index contributed by atoms with van der Waals surface area (Å²) in [5, 5.41) is 7.22. The number of hydrogen-bond donors (Lipinski definition) is 2. The monoisotopic (exact) mass is 478 g/mol. The Morgan fingerprint density at radius 3 is 1.17 bits per heavy atom. The van der Waals surface area contributed by atoms with E-state index in [9.17, 15) is 0 Å². The zero-order chi connectivity index (χ0) is 19.3. The molecular weight excluding hydrogens is 444 g/mol. The van der Waals surface area contributed by atoms with Gasteiger partial charge in [0, 0.05) is 37.6 Å². The predicted molar refractivity (Wildman–Crippen MR) is 116 cm³/mol. The average Bonchev–Trinajstić information content (AvgIpc) is 2.52. The predicted octanol–water partition coefficient (Wildman–Crippen LogP) is -1.00. The van der Waals surface area contributed by atoms with Gasteiger partial charge in [0.2, 0.25) is 0 Å². The third kappa shape index (κ3) is 9.19. The minimum atomic E-state index is 0. The largest absolute Gasteiger partial charge is 2.00 e.